The molecule has 4 bridgehead atoms. The lowest BCUT2D eigenvalue weighted by Crippen LogP contribution is -2.58. The summed E-state index contributed by atoms with van der Waals surface area (Å²) in [6.45, 7) is 8.00. The molecule has 5 heterocycles. The average Bonchev–Trinajstić information content (AvgIpc) is 3.05. The van der Waals surface area contributed by atoms with Crippen LogP contribution in [-0.2, 0) is 33.8 Å². The van der Waals surface area contributed by atoms with Crippen molar-refractivity contribution >= 4 is 17.7 Å². The van der Waals surface area contributed by atoms with Gasteiger partial charge in [0.2, 0.25) is 5.75 Å². The minimum atomic E-state index is -1.06. The Morgan fingerprint density at radius 1 is 1.14 bits per heavy atom. The van der Waals surface area contributed by atoms with Crippen LogP contribution in [0.5, 0.6) is 5.75 Å². The molecule has 1 fully saturated rings. The summed E-state index contributed by atoms with van der Waals surface area (Å²) in [5, 5.41) is 20.1. The maximum atomic E-state index is 13.8. The molecule has 2 aromatic heterocycles. The molecule has 1 saturated carbocycles. The molecule has 0 aromatic carbocycles. The van der Waals surface area contributed by atoms with Gasteiger partial charge >= 0.3 is 11.8 Å². The molecule has 3 aliphatic heterocycles. The Morgan fingerprint density at radius 3 is 2.42 bits per heavy atom. The van der Waals surface area contributed by atoms with Crippen LogP contribution >= 0.6 is 0 Å². The molecular formula is C24H31N7O5. The van der Waals surface area contributed by atoms with E-state index in [1.165, 1.54) is 11.6 Å². The van der Waals surface area contributed by atoms with Crippen molar-refractivity contribution < 1.29 is 19.5 Å². The Hall–Kier alpha value is -3.70. The summed E-state index contributed by atoms with van der Waals surface area (Å²) >= 11 is 0. The Bertz CT molecular complexity index is 1340. The summed E-state index contributed by atoms with van der Waals surface area (Å²) in [5.41, 5.74) is -1.24. The van der Waals surface area contributed by atoms with E-state index in [2.05, 4.69) is 15.4 Å². The van der Waals surface area contributed by atoms with Gasteiger partial charge in [0.25, 0.3) is 11.5 Å². The van der Waals surface area contributed by atoms with Gasteiger partial charge in [-0.2, -0.15) is 5.10 Å². The Labute approximate surface area is 207 Å². The third-order valence-electron chi connectivity index (χ3n) is 7.50. The van der Waals surface area contributed by atoms with Gasteiger partial charge in [-0.15, -0.1) is 0 Å². The quantitative estimate of drug-likeness (QED) is 0.583. The highest BCUT2D eigenvalue weighted by molar-refractivity contribution is 6.35. The number of likely N-dealkylation sites (N-methyl/N-ethyl adjacent to an activating group) is 1. The van der Waals surface area contributed by atoms with Crippen molar-refractivity contribution in [3.63, 3.8) is 0 Å². The van der Waals surface area contributed by atoms with Crippen LogP contribution in [0.4, 0.5) is 0 Å². The van der Waals surface area contributed by atoms with E-state index in [4.69, 9.17) is 0 Å². The van der Waals surface area contributed by atoms with Gasteiger partial charge in [0, 0.05) is 19.3 Å². The van der Waals surface area contributed by atoms with Gasteiger partial charge in [-0.1, -0.05) is 0 Å². The second-order valence-electron chi connectivity index (χ2n) is 11.1. The molecule has 0 radical (unpaired) electrons. The first-order valence-electron chi connectivity index (χ1n) is 12.1. The van der Waals surface area contributed by atoms with Crippen LogP contribution in [0.15, 0.2) is 10.9 Å². The van der Waals surface area contributed by atoms with Crippen molar-refractivity contribution in [2.24, 2.45) is 5.92 Å². The number of hydrazine groups is 1. The molecule has 36 heavy (non-hydrogen) atoms. The average molecular weight is 498 g/mol. The number of carbonyl (C=O) groups excluding carboxylic acids is 3. The number of aryl methyl sites for hydroxylation is 1. The van der Waals surface area contributed by atoms with Crippen LogP contribution in [0.1, 0.15) is 74.2 Å². The zero-order chi connectivity index (χ0) is 26.2. The van der Waals surface area contributed by atoms with E-state index in [9.17, 15) is 24.3 Å². The third kappa shape index (κ3) is 3.58. The van der Waals surface area contributed by atoms with Crippen molar-refractivity contribution in [1.82, 2.24) is 34.7 Å². The highest BCUT2D eigenvalue weighted by atomic mass is 16.3. The number of nitrogens with zero attached hydrogens (tertiary/aromatic N) is 6. The summed E-state index contributed by atoms with van der Waals surface area (Å²) in [7, 11) is 1.30. The molecule has 1 spiro atoms. The van der Waals surface area contributed by atoms with E-state index in [1.807, 2.05) is 27.7 Å². The number of hydrogen-bond acceptors (Lipinski definition) is 7. The molecule has 6 rings (SSSR count). The summed E-state index contributed by atoms with van der Waals surface area (Å²) in [6, 6.07) is 1.78. The molecule has 12 nitrogen and oxygen atoms in total. The number of carbonyl (C=O) groups is 3. The van der Waals surface area contributed by atoms with Crippen LogP contribution in [-0.4, -0.2) is 59.2 Å². The highest BCUT2D eigenvalue weighted by Gasteiger charge is 2.48. The first-order chi connectivity index (χ1) is 16.8. The smallest absolute Gasteiger partial charge is 0.330 e. The van der Waals surface area contributed by atoms with Crippen LogP contribution < -0.4 is 10.9 Å². The topological polar surface area (TPSA) is 143 Å². The SMILES string of the molecule is Cc1cc(CN2C(=O)c3nc4n(c(=O)c3O)CC3CCC4(CC3)NC(=O)C(=O)N2C)nn1C(C)(C)C. The van der Waals surface area contributed by atoms with Crippen molar-refractivity contribution in [2.75, 3.05) is 7.05 Å². The lowest BCUT2D eigenvalue weighted by Gasteiger charge is -2.39. The second-order valence-corrected chi connectivity index (χ2v) is 11.1. The predicted molar refractivity (Wildman–Crippen MR) is 127 cm³/mol. The molecule has 12 heteroatoms. The van der Waals surface area contributed by atoms with Gasteiger partial charge in [0.05, 0.1) is 23.3 Å². The summed E-state index contributed by atoms with van der Waals surface area (Å²) in [6.07, 6.45) is 2.41. The molecule has 2 aromatic rings. The second kappa shape index (κ2) is 7.90. The van der Waals surface area contributed by atoms with E-state index < -0.39 is 40.3 Å². The lowest BCUT2D eigenvalue weighted by atomic mass is 9.77. The summed E-state index contributed by atoms with van der Waals surface area (Å²) < 4.78 is 3.15. The molecular weight excluding hydrogens is 466 g/mol. The molecule has 3 amide bonds. The van der Waals surface area contributed by atoms with Gasteiger partial charge in [0.15, 0.2) is 5.69 Å². The number of aromatic nitrogens is 4. The zero-order valence-corrected chi connectivity index (χ0v) is 21.2. The van der Waals surface area contributed by atoms with E-state index in [1.54, 1.807) is 10.7 Å². The fraction of sp³-hybridized carbons (Fsp3) is 0.583. The van der Waals surface area contributed by atoms with Crippen LogP contribution in [0, 0.1) is 12.8 Å². The number of rotatable bonds is 2. The maximum absolute atomic E-state index is 13.8. The van der Waals surface area contributed by atoms with E-state index >= 15 is 0 Å². The number of fused-ring (bicyclic) bond motifs is 3. The Kier molecular flexibility index (Phi) is 5.27. The maximum Gasteiger partial charge on any atom is 0.330 e. The van der Waals surface area contributed by atoms with Gasteiger partial charge in [-0.05, 0) is 65.4 Å². The molecule has 4 aliphatic rings. The lowest BCUT2D eigenvalue weighted by molar-refractivity contribution is -0.155. The molecule has 2 N–H and O–H groups in total. The van der Waals surface area contributed by atoms with Crippen LogP contribution in [0.25, 0.3) is 0 Å². The van der Waals surface area contributed by atoms with Crippen molar-refractivity contribution in [3.8, 4) is 5.75 Å². The van der Waals surface area contributed by atoms with Gasteiger partial charge < -0.3 is 10.4 Å². The minimum Gasteiger partial charge on any atom is -0.501 e. The summed E-state index contributed by atoms with van der Waals surface area (Å²) in [5.74, 6) is -3.06. The Morgan fingerprint density at radius 2 is 1.81 bits per heavy atom. The third-order valence-corrected chi connectivity index (χ3v) is 7.50. The fourth-order valence-corrected chi connectivity index (χ4v) is 5.66. The van der Waals surface area contributed by atoms with E-state index in [0.717, 1.165) is 28.6 Å². The fourth-order valence-electron chi connectivity index (χ4n) is 5.66. The number of amides is 3. The molecule has 0 atom stereocenters. The number of aromatic hydroxyl groups is 1. The summed E-state index contributed by atoms with van der Waals surface area (Å²) in [4.78, 5) is 57.9. The predicted octanol–water partition coefficient (Wildman–Crippen LogP) is 0.754. The van der Waals surface area contributed by atoms with Crippen molar-refractivity contribution in [3.05, 3.63) is 39.3 Å². The minimum absolute atomic E-state index is 0.176. The normalized spacial score (nSPS) is 24.1. The van der Waals surface area contributed by atoms with Gasteiger partial charge in [0.1, 0.15) is 5.82 Å². The molecule has 1 aliphatic carbocycles. The molecule has 0 saturated heterocycles. The first kappa shape index (κ1) is 24.0. The van der Waals surface area contributed by atoms with Gasteiger partial charge in [-0.3, -0.25) is 28.4 Å². The largest absolute Gasteiger partial charge is 0.501 e. The van der Waals surface area contributed by atoms with E-state index in [0.29, 0.717) is 25.1 Å². The number of nitrogens with one attached hydrogen (secondary N) is 1. The first-order valence-corrected chi connectivity index (χ1v) is 12.1. The monoisotopic (exact) mass is 497 g/mol. The van der Waals surface area contributed by atoms with Crippen LogP contribution in [0.2, 0.25) is 0 Å². The molecule has 0 unspecified atom stereocenters. The number of hydrogen-bond donors (Lipinski definition) is 2. The Balaban J connectivity index is 1.66. The molecule has 192 valence electrons. The van der Waals surface area contributed by atoms with Gasteiger partial charge in [-0.25, -0.2) is 15.0 Å². The van der Waals surface area contributed by atoms with Crippen LogP contribution in [0.3, 0.4) is 0 Å². The highest BCUT2D eigenvalue weighted by Crippen LogP contribution is 2.43. The zero-order valence-electron chi connectivity index (χ0n) is 21.2. The van der Waals surface area contributed by atoms with Crippen molar-refractivity contribution in [2.45, 2.75) is 77.5 Å². The van der Waals surface area contributed by atoms with Crippen molar-refractivity contribution in [1.29, 1.82) is 0 Å². The standard InChI is InChI=1S/C24H31N7O5/c1-13-10-15(27-31(13)23(2,3)4)12-30-19(34)16-17(32)20(35)29-11-14-6-8-24(9-7-14,22(29)25-16)26-18(33)21(36)28(30)5/h10,14,32H,6-9,11-12H2,1-5H3,(H,26,33). The van der Waals surface area contributed by atoms with E-state index in [-0.39, 0.29) is 23.8 Å².